The van der Waals surface area contributed by atoms with Gasteiger partial charge >= 0.3 is 0 Å². The Bertz CT molecular complexity index is 127. The number of hydrogen-bond donors (Lipinski definition) is 0. The lowest BCUT2D eigenvalue weighted by Crippen LogP contribution is -2.36. The lowest BCUT2D eigenvalue weighted by Gasteiger charge is -2.26. The van der Waals surface area contributed by atoms with Gasteiger partial charge in [0.1, 0.15) is 0 Å². The van der Waals surface area contributed by atoms with E-state index in [1.807, 2.05) is 0 Å². The average molecular weight is 214 g/mol. The largest absolute Gasteiger partial charge is 0.331 e. The molecule has 0 aliphatic heterocycles. The summed E-state index contributed by atoms with van der Waals surface area (Å²) in [4.78, 5) is 0. The molecule has 0 amide bonds. The number of rotatable bonds is 9. The summed E-state index contributed by atoms with van der Waals surface area (Å²) in [6.07, 6.45) is 9.88. The van der Waals surface area contributed by atoms with Crippen LogP contribution in [0.15, 0.2) is 0 Å². The van der Waals surface area contributed by atoms with Crippen LogP contribution in [0.3, 0.4) is 0 Å². The van der Waals surface area contributed by atoms with Gasteiger partial charge in [-0.05, 0) is 12.3 Å². The maximum Gasteiger partial charge on any atom is 0.0783 e. The van der Waals surface area contributed by atoms with Crippen LogP contribution in [0, 0.1) is 5.92 Å². The van der Waals surface area contributed by atoms with E-state index in [1.54, 1.807) is 0 Å². The Morgan fingerprint density at radius 3 is 1.60 bits per heavy atom. The normalized spacial score (nSPS) is 12.4. The number of nitrogens with zero attached hydrogens (tertiary/aromatic N) is 1. The zero-order valence-corrected chi connectivity index (χ0v) is 11.7. The van der Waals surface area contributed by atoms with Crippen molar-refractivity contribution in [1.29, 1.82) is 0 Å². The van der Waals surface area contributed by atoms with E-state index in [0.717, 1.165) is 10.4 Å². The van der Waals surface area contributed by atoms with Gasteiger partial charge in [0.15, 0.2) is 0 Å². The fourth-order valence-electron chi connectivity index (χ4n) is 1.99. The number of hydrogen-bond acceptors (Lipinski definition) is 0. The molecule has 0 aliphatic rings. The van der Waals surface area contributed by atoms with E-state index in [-0.39, 0.29) is 0 Å². The van der Waals surface area contributed by atoms with E-state index < -0.39 is 0 Å². The second-order valence-electron chi connectivity index (χ2n) is 5.95. The second kappa shape index (κ2) is 8.15. The molecule has 1 heteroatoms. The predicted molar refractivity (Wildman–Crippen MR) is 70.1 cm³/mol. The van der Waals surface area contributed by atoms with Gasteiger partial charge in [-0.1, -0.05) is 52.4 Å². The quantitative estimate of drug-likeness (QED) is 0.507. The molecule has 0 aromatic carbocycles. The SMILES string of the molecule is CCCCC(CCCC)CC[N+](C)(C)C. The first-order valence-electron chi connectivity index (χ1n) is 6.80. The molecule has 15 heavy (non-hydrogen) atoms. The van der Waals surface area contributed by atoms with Crippen molar-refractivity contribution in [2.75, 3.05) is 27.7 Å². The fourth-order valence-corrected chi connectivity index (χ4v) is 1.99. The Kier molecular flexibility index (Phi) is 8.13. The summed E-state index contributed by atoms with van der Waals surface area (Å²) in [6, 6.07) is 0. The van der Waals surface area contributed by atoms with Crippen LogP contribution >= 0.6 is 0 Å². The van der Waals surface area contributed by atoms with Crippen LogP contribution < -0.4 is 0 Å². The summed E-state index contributed by atoms with van der Waals surface area (Å²) in [5.41, 5.74) is 0. The predicted octanol–water partition coefficient (Wildman–Crippen LogP) is 4.08. The van der Waals surface area contributed by atoms with Crippen molar-refractivity contribution in [3.05, 3.63) is 0 Å². The summed E-state index contributed by atoms with van der Waals surface area (Å²) in [7, 11) is 6.91. The van der Waals surface area contributed by atoms with E-state index in [2.05, 4.69) is 35.0 Å². The minimum atomic E-state index is 0.988. The van der Waals surface area contributed by atoms with Gasteiger partial charge in [0, 0.05) is 0 Å². The zero-order valence-electron chi connectivity index (χ0n) is 11.7. The topological polar surface area (TPSA) is 0 Å². The standard InChI is InChI=1S/C14H32N/c1-6-8-10-14(11-9-7-2)12-13-15(3,4)5/h14H,6-13H2,1-5H3/q+1. The monoisotopic (exact) mass is 214 g/mol. The Morgan fingerprint density at radius 1 is 0.800 bits per heavy atom. The first kappa shape index (κ1) is 15.0. The third-order valence-corrected chi connectivity index (χ3v) is 3.14. The molecule has 0 saturated carbocycles. The van der Waals surface area contributed by atoms with Crippen LogP contribution in [0.2, 0.25) is 0 Å². The molecular formula is C14H32N+. The molecule has 0 unspecified atom stereocenters. The molecule has 0 radical (unpaired) electrons. The van der Waals surface area contributed by atoms with E-state index in [4.69, 9.17) is 0 Å². The maximum atomic E-state index is 2.30. The fraction of sp³-hybridized carbons (Fsp3) is 1.00. The molecule has 0 heterocycles. The minimum Gasteiger partial charge on any atom is -0.331 e. The highest BCUT2D eigenvalue weighted by Crippen LogP contribution is 2.20. The van der Waals surface area contributed by atoms with Gasteiger partial charge in [-0.3, -0.25) is 0 Å². The van der Waals surface area contributed by atoms with Gasteiger partial charge in [-0.2, -0.15) is 0 Å². The van der Waals surface area contributed by atoms with Crippen molar-refractivity contribution in [2.45, 2.75) is 58.8 Å². The summed E-state index contributed by atoms with van der Waals surface area (Å²) in [5, 5.41) is 0. The highest BCUT2D eigenvalue weighted by Gasteiger charge is 2.13. The number of unbranched alkanes of at least 4 members (excludes halogenated alkanes) is 2. The van der Waals surface area contributed by atoms with Crippen molar-refractivity contribution in [2.24, 2.45) is 5.92 Å². The summed E-state index contributed by atoms with van der Waals surface area (Å²) in [6.45, 7) is 5.94. The van der Waals surface area contributed by atoms with E-state index >= 15 is 0 Å². The van der Waals surface area contributed by atoms with E-state index in [1.165, 1.54) is 51.5 Å². The minimum absolute atomic E-state index is 0.988. The van der Waals surface area contributed by atoms with Crippen molar-refractivity contribution in [1.82, 2.24) is 0 Å². The third kappa shape index (κ3) is 10.2. The smallest absolute Gasteiger partial charge is 0.0783 e. The molecule has 0 aliphatic carbocycles. The van der Waals surface area contributed by atoms with Gasteiger partial charge in [0.2, 0.25) is 0 Å². The van der Waals surface area contributed by atoms with Crippen molar-refractivity contribution < 1.29 is 4.48 Å². The summed E-state index contributed by atoms with van der Waals surface area (Å²) < 4.78 is 1.12. The van der Waals surface area contributed by atoms with E-state index in [9.17, 15) is 0 Å². The molecule has 0 fully saturated rings. The Hall–Kier alpha value is -0.0400. The molecule has 92 valence electrons. The van der Waals surface area contributed by atoms with Crippen LogP contribution in [0.4, 0.5) is 0 Å². The molecule has 0 aromatic rings. The molecule has 0 saturated heterocycles. The highest BCUT2D eigenvalue weighted by molar-refractivity contribution is 4.59. The van der Waals surface area contributed by atoms with Gasteiger partial charge in [0.25, 0.3) is 0 Å². The molecule has 0 atom stereocenters. The summed E-state index contributed by atoms with van der Waals surface area (Å²) in [5.74, 6) is 0.988. The lowest BCUT2D eigenvalue weighted by atomic mass is 9.92. The van der Waals surface area contributed by atoms with Crippen molar-refractivity contribution in [3.8, 4) is 0 Å². The maximum absolute atomic E-state index is 2.30. The molecule has 0 N–H and O–H groups in total. The Labute approximate surface area is 97.5 Å². The van der Waals surface area contributed by atoms with Crippen molar-refractivity contribution in [3.63, 3.8) is 0 Å². The van der Waals surface area contributed by atoms with Crippen LogP contribution in [0.5, 0.6) is 0 Å². The molecule has 0 aromatic heterocycles. The van der Waals surface area contributed by atoms with Crippen LogP contribution in [-0.4, -0.2) is 32.2 Å². The Balaban J connectivity index is 3.78. The van der Waals surface area contributed by atoms with Gasteiger partial charge in [-0.15, -0.1) is 0 Å². The first-order valence-corrected chi connectivity index (χ1v) is 6.80. The van der Waals surface area contributed by atoms with Crippen LogP contribution in [0.25, 0.3) is 0 Å². The second-order valence-corrected chi connectivity index (χ2v) is 5.95. The molecule has 0 rings (SSSR count). The van der Waals surface area contributed by atoms with Gasteiger partial charge in [-0.25, -0.2) is 0 Å². The summed E-state index contributed by atoms with van der Waals surface area (Å²) >= 11 is 0. The molecule has 0 spiro atoms. The highest BCUT2D eigenvalue weighted by atomic mass is 15.3. The average Bonchev–Trinajstić information content (AvgIpc) is 2.15. The number of quaternary nitrogens is 1. The molecule has 1 nitrogen and oxygen atoms in total. The third-order valence-electron chi connectivity index (χ3n) is 3.14. The Morgan fingerprint density at radius 2 is 1.27 bits per heavy atom. The van der Waals surface area contributed by atoms with Crippen LogP contribution in [0.1, 0.15) is 58.8 Å². The first-order chi connectivity index (χ1) is 6.99. The molecule has 0 bridgehead atoms. The molecular weight excluding hydrogens is 182 g/mol. The van der Waals surface area contributed by atoms with Gasteiger partial charge < -0.3 is 4.48 Å². The van der Waals surface area contributed by atoms with Gasteiger partial charge in [0.05, 0.1) is 27.7 Å². The van der Waals surface area contributed by atoms with Crippen LogP contribution in [-0.2, 0) is 0 Å². The zero-order chi connectivity index (χ0) is 11.7. The lowest BCUT2D eigenvalue weighted by molar-refractivity contribution is -0.871. The van der Waals surface area contributed by atoms with Crippen molar-refractivity contribution >= 4 is 0 Å². The van der Waals surface area contributed by atoms with E-state index in [0.29, 0.717) is 0 Å².